The number of carbonyl (C=O) groups is 2. The third-order valence-corrected chi connectivity index (χ3v) is 2.03. The van der Waals surface area contributed by atoms with Crippen LogP contribution in [-0.2, 0) is 0 Å². The van der Waals surface area contributed by atoms with Gasteiger partial charge >= 0.3 is 0 Å². The summed E-state index contributed by atoms with van der Waals surface area (Å²) in [5.74, 6) is -0.973. The number of carbonyl (C=O) groups excluding carboxylic acids is 2. The molecule has 70 valence electrons. The van der Waals surface area contributed by atoms with Crippen molar-refractivity contribution in [1.82, 2.24) is 4.90 Å². The van der Waals surface area contributed by atoms with Crippen molar-refractivity contribution in [2.75, 3.05) is 0 Å². The maximum atomic E-state index is 11.9. The first kappa shape index (κ1) is 8.62. The number of nitrogens with zero attached hydrogens (tertiary/aromatic N) is 1. The zero-order chi connectivity index (χ0) is 10.1. The minimum absolute atomic E-state index is 0.168. The van der Waals surface area contributed by atoms with Gasteiger partial charge in [-0.25, -0.2) is 9.29 Å². The van der Waals surface area contributed by atoms with E-state index in [-0.39, 0.29) is 6.33 Å². The number of hydrogen-bond donors (Lipinski definition) is 0. The van der Waals surface area contributed by atoms with E-state index in [0.29, 0.717) is 11.1 Å². The number of benzene rings is 1. The van der Waals surface area contributed by atoms with E-state index in [1.807, 2.05) is 0 Å². The first-order valence-corrected chi connectivity index (χ1v) is 3.99. The van der Waals surface area contributed by atoms with E-state index in [9.17, 15) is 14.0 Å². The van der Waals surface area contributed by atoms with Gasteiger partial charge in [-0.2, -0.15) is 0 Å². The van der Waals surface area contributed by atoms with Crippen molar-refractivity contribution in [1.29, 1.82) is 0 Å². The van der Waals surface area contributed by atoms with Crippen LogP contribution >= 0.6 is 0 Å². The standard InChI is InChI=1S/C10H6FNO2/c11-5-6-12-9(13)7-3-1-2-4-8(7)10(12)14/h1-6H/b6-5-. The second-order valence-corrected chi connectivity index (χ2v) is 2.80. The minimum atomic E-state index is -0.487. The maximum absolute atomic E-state index is 11.9. The highest BCUT2D eigenvalue weighted by molar-refractivity contribution is 6.21. The van der Waals surface area contributed by atoms with Crippen molar-refractivity contribution in [2.45, 2.75) is 0 Å². The number of imide groups is 1. The predicted molar refractivity (Wildman–Crippen MR) is 47.2 cm³/mol. The van der Waals surface area contributed by atoms with Crippen molar-refractivity contribution < 1.29 is 14.0 Å². The van der Waals surface area contributed by atoms with Gasteiger partial charge in [0.25, 0.3) is 11.8 Å². The zero-order valence-electron chi connectivity index (χ0n) is 7.11. The average Bonchev–Trinajstić information content (AvgIpc) is 2.45. The van der Waals surface area contributed by atoms with Crippen molar-refractivity contribution in [3.8, 4) is 0 Å². The van der Waals surface area contributed by atoms with Crippen molar-refractivity contribution in [3.63, 3.8) is 0 Å². The van der Waals surface area contributed by atoms with Gasteiger partial charge in [0, 0.05) is 6.20 Å². The Bertz CT molecular complexity index is 405. The van der Waals surface area contributed by atoms with Crippen LogP contribution in [0.15, 0.2) is 36.8 Å². The Morgan fingerprint density at radius 3 is 2.00 bits per heavy atom. The van der Waals surface area contributed by atoms with E-state index in [2.05, 4.69) is 0 Å². The number of amides is 2. The molecule has 1 heterocycles. The average molecular weight is 191 g/mol. The fourth-order valence-electron chi connectivity index (χ4n) is 1.40. The maximum Gasteiger partial charge on any atom is 0.265 e. The molecule has 2 rings (SSSR count). The largest absolute Gasteiger partial charge is 0.268 e. The van der Waals surface area contributed by atoms with Crippen LogP contribution in [0, 0.1) is 0 Å². The van der Waals surface area contributed by atoms with E-state index in [1.54, 1.807) is 24.3 Å². The first-order valence-electron chi connectivity index (χ1n) is 3.99. The van der Waals surface area contributed by atoms with Crippen LogP contribution in [0.4, 0.5) is 4.39 Å². The van der Waals surface area contributed by atoms with Crippen LogP contribution in [0.1, 0.15) is 20.7 Å². The molecule has 1 aliphatic heterocycles. The van der Waals surface area contributed by atoms with E-state index in [1.165, 1.54) is 0 Å². The molecule has 0 atom stereocenters. The highest BCUT2D eigenvalue weighted by atomic mass is 19.1. The summed E-state index contributed by atoms with van der Waals surface area (Å²) in [6.45, 7) is 0. The molecule has 1 aromatic rings. The summed E-state index contributed by atoms with van der Waals surface area (Å²) in [5.41, 5.74) is 0.631. The normalized spacial score (nSPS) is 15.4. The predicted octanol–water partition coefficient (Wildman–Crippen LogP) is 1.72. The Kier molecular flexibility index (Phi) is 1.89. The molecule has 0 fully saturated rings. The molecule has 14 heavy (non-hydrogen) atoms. The van der Waals surface area contributed by atoms with E-state index in [0.717, 1.165) is 11.1 Å². The van der Waals surface area contributed by atoms with Gasteiger partial charge in [0.1, 0.15) is 6.33 Å². The molecule has 0 bridgehead atoms. The van der Waals surface area contributed by atoms with Gasteiger partial charge in [-0.3, -0.25) is 9.59 Å². The molecule has 0 unspecified atom stereocenters. The summed E-state index contributed by atoms with van der Waals surface area (Å²) < 4.78 is 11.9. The lowest BCUT2D eigenvalue weighted by atomic mass is 10.1. The third kappa shape index (κ3) is 1.04. The van der Waals surface area contributed by atoms with Crippen LogP contribution in [0.2, 0.25) is 0 Å². The first-order chi connectivity index (χ1) is 6.75. The molecule has 0 spiro atoms. The molecule has 0 saturated heterocycles. The summed E-state index contributed by atoms with van der Waals surface area (Å²) in [6.07, 6.45) is 0.992. The highest BCUT2D eigenvalue weighted by Gasteiger charge is 2.33. The van der Waals surface area contributed by atoms with Crippen molar-refractivity contribution in [3.05, 3.63) is 47.9 Å². The second-order valence-electron chi connectivity index (χ2n) is 2.80. The van der Waals surface area contributed by atoms with Crippen LogP contribution in [0.5, 0.6) is 0 Å². The molecule has 2 amide bonds. The molecular formula is C10H6FNO2. The van der Waals surface area contributed by atoms with Crippen molar-refractivity contribution in [2.24, 2.45) is 0 Å². The fourth-order valence-corrected chi connectivity index (χ4v) is 1.40. The van der Waals surface area contributed by atoms with E-state index >= 15 is 0 Å². The fraction of sp³-hybridized carbons (Fsp3) is 0. The molecule has 0 radical (unpaired) electrons. The smallest absolute Gasteiger partial charge is 0.265 e. The van der Waals surface area contributed by atoms with Gasteiger partial charge in [0.05, 0.1) is 11.1 Å². The van der Waals surface area contributed by atoms with Gasteiger partial charge in [-0.1, -0.05) is 12.1 Å². The van der Waals surface area contributed by atoms with Crippen molar-refractivity contribution >= 4 is 11.8 Å². The van der Waals surface area contributed by atoms with Gasteiger partial charge in [0.15, 0.2) is 0 Å². The third-order valence-electron chi connectivity index (χ3n) is 2.03. The lowest BCUT2D eigenvalue weighted by Gasteiger charge is -2.04. The molecule has 1 aliphatic rings. The minimum Gasteiger partial charge on any atom is -0.268 e. The topological polar surface area (TPSA) is 37.4 Å². The molecular weight excluding hydrogens is 185 g/mol. The number of rotatable bonds is 1. The van der Waals surface area contributed by atoms with Gasteiger partial charge in [0.2, 0.25) is 0 Å². The Labute approximate surface area is 79.4 Å². The van der Waals surface area contributed by atoms with Gasteiger partial charge in [-0.15, -0.1) is 0 Å². The summed E-state index contributed by atoms with van der Waals surface area (Å²) in [7, 11) is 0. The molecule has 0 saturated carbocycles. The Hall–Kier alpha value is -1.97. The number of halogens is 1. The summed E-state index contributed by atoms with van der Waals surface area (Å²) in [4.78, 5) is 23.7. The van der Waals surface area contributed by atoms with Gasteiger partial charge in [-0.05, 0) is 12.1 Å². The van der Waals surface area contributed by atoms with Crippen LogP contribution in [0.25, 0.3) is 0 Å². The van der Waals surface area contributed by atoms with Gasteiger partial charge < -0.3 is 0 Å². The highest BCUT2D eigenvalue weighted by Crippen LogP contribution is 2.22. The summed E-state index contributed by atoms with van der Waals surface area (Å²) in [5, 5.41) is 0. The lowest BCUT2D eigenvalue weighted by molar-refractivity contribution is 0.0719. The number of fused-ring (bicyclic) bond motifs is 1. The second kappa shape index (κ2) is 3.06. The van der Waals surface area contributed by atoms with Crippen LogP contribution in [0.3, 0.4) is 0 Å². The Morgan fingerprint density at radius 2 is 1.57 bits per heavy atom. The zero-order valence-corrected chi connectivity index (χ0v) is 7.11. The summed E-state index contributed by atoms with van der Waals surface area (Å²) in [6, 6.07) is 6.41. The molecule has 4 heteroatoms. The van der Waals surface area contributed by atoms with E-state index < -0.39 is 11.8 Å². The van der Waals surface area contributed by atoms with Crippen LogP contribution < -0.4 is 0 Å². The Balaban J connectivity index is 2.53. The molecule has 0 aliphatic carbocycles. The molecule has 3 nitrogen and oxygen atoms in total. The molecule has 0 aromatic heterocycles. The monoisotopic (exact) mass is 191 g/mol. The summed E-state index contributed by atoms with van der Waals surface area (Å²) >= 11 is 0. The SMILES string of the molecule is O=C1c2ccccc2C(=O)N1/C=C\F. The quantitative estimate of drug-likeness (QED) is 0.634. The lowest BCUT2D eigenvalue weighted by Crippen LogP contribution is -2.23. The number of hydrogen-bond acceptors (Lipinski definition) is 2. The molecule has 1 aromatic carbocycles. The Morgan fingerprint density at radius 1 is 1.07 bits per heavy atom. The molecule has 0 N–H and O–H groups in total. The van der Waals surface area contributed by atoms with E-state index in [4.69, 9.17) is 0 Å². The van der Waals surface area contributed by atoms with Crippen LogP contribution in [-0.4, -0.2) is 16.7 Å².